The standard InChI is InChI=1S/C13H14N2O4.H2S/c1-18-13(17)10(8-15-5-4-14-9-15)7-11(16)12-3-2-6-19-12;/h2-6,9-10H,7-8H2,1H3;1H2/t10-;/m0./s1. The molecule has 0 spiro atoms. The predicted molar refractivity (Wildman–Crippen MR) is 75.8 cm³/mol. The lowest BCUT2D eigenvalue weighted by Crippen LogP contribution is -2.24. The average molecular weight is 296 g/mol. The van der Waals surface area contributed by atoms with E-state index in [4.69, 9.17) is 9.15 Å². The Labute approximate surface area is 123 Å². The first-order chi connectivity index (χ1) is 9.20. The molecule has 0 aliphatic heterocycles. The van der Waals surface area contributed by atoms with E-state index in [2.05, 4.69) is 4.98 Å². The topological polar surface area (TPSA) is 74.3 Å². The molecule has 0 aromatic carbocycles. The molecule has 7 heteroatoms. The first kappa shape index (κ1) is 16.0. The van der Waals surface area contributed by atoms with Crippen molar-refractivity contribution in [1.82, 2.24) is 9.55 Å². The molecule has 0 fully saturated rings. The molecule has 1 atom stereocenters. The van der Waals surface area contributed by atoms with E-state index >= 15 is 0 Å². The summed E-state index contributed by atoms with van der Waals surface area (Å²) in [6.45, 7) is 0.346. The van der Waals surface area contributed by atoms with Gasteiger partial charge in [-0.2, -0.15) is 13.5 Å². The third-order valence-corrected chi connectivity index (χ3v) is 2.75. The van der Waals surface area contributed by atoms with Crippen molar-refractivity contribution in [3.05, 3.63) is 42.9 Å². The Balaban J connectivity index is 0.00000200. The Kier molecular flexibility index (Phi) is 6.05. The molecule has 0 aliphatic rings. The number of furan rings is 1. The molecule has 2 heterocycles. The van der Waals surface area contributed by atoms with Crippen molar-refractivity contribution in [3.63, 3.8) is 0 Å². The number of methoxy groups -OCH3 is 1. The molecule has 6 nitrogen and oxygen atoms in total. The van der Waals surface area contributed by atoms with E-state index in [0.717, 1.165) is 0 Å². The van der Waals surface area contributed by atoms with Crippen LogP contribution in [0.15, 0.2) is 41.5 Å². The SMILES string of the molecule is COC(=O)[C@@H](CC(=O)c1ccco1)Cn1ccnc1.S. The van der Waals surface area contributed by atoms with Gasteiger partial charge in [0.2, 0.25) is 0 Å². The number of esters is 1. The first-order valence-corrected chi connectivity index (χ1v) is 5.81. The molecular formula is C13H16N2O4S. The number of carbonyl (C=O) groups is 2. The van der Waals surface area contributed by atoms with Crippen LogP contribution in [0.4, 0.5) is 0 Å². The number of carbonyl (C=O) groups excluding carboxylic acids is 2. The summed E-state index contributed by atoms with van der Waals surface area (Å²) in [4.78, 5) is 27.5. The van der Waals surface area contributed by atoms with Crippen LogP contribution in [0.1, 0.15) is 17.0 Å². The predicted octanol–water partition coefficient (Wildman–Crippen LogP) is 1.65. The van der Waals surface area contributed by atoms with Crippen LogP contribution in [0.3, 0.4) is 0 Å². The number of Topliss-reactive ketones (excluding diaryl/α,β-unsaturated/α-hetero) is 1. The van der Waals surface area contributed by atoms with E-state index < -0.39 is 11.9 Å². The Hall–Kier alpha value is -2.02. The zero-order valence-electron chi connectivity index (χ0n) is 11.0. The summed E-state index contributed by atoms with van der Waals surface area (Å²) in [5.41, 5.74) is 0. The van der Waals surface area contributed by atoms with Gasteiger partial charge in [0.25, 0.3) is 0 Å². The summed E-state index contributed by atoms with van der Waals surface area (Å²) in [7, 11) is 1.31. The molecule has 2 aromatic rings. The molecule has 0 saturated heterocycles. The summed E-state index contributed by atoms with van der Waals surface area (Å²) in [5, 5.41) is 0. The maximum atomic E-state index is 11.9. The second kappa shape index (κ2) is 7.54. The van der Waals surface area contributed by atoms with Crippen LogP contribution < -0.4 is 0 Å². The van der Waals surface area contributed by atoms with E-state index in [1.165, 1.54) is 13.4 Å². The quantitative estimate of drug-likeness (QED) is 0.598. The molecule has 0 amide bonds. The largest absolute Gasteiger partial charge is 0.469 e. The molecule has 2 aromatic heterocycles. The van der Waals surface area contributed by atoms with E-state index in [-0.39, 0.29) is 31.5 Å². The molecule has 0 aliphatic carbocycles. The molecule has 0 unspecified atom stereocenters. The number of hydrogen-bond donors (Lipinski definition) is 0. The van der Waals surface area contributed by atoms with Gasteiger partial charge < -0.3 is 13.7 Å². The zero-order valence-corrected chi connectivity index (χ0v) is 12.0. The second-order valence-corrected chi connectivity index (χ2v) is 4.08. The summed E-state index contributed by atoms with van der Waals surface area (Å²) < 4.78 is 11.5. The highest BCUT2D eigenvalue weighted by molar-refractivity contribution is 7.59. The van der Waals surface area contributed by atoms with Crippen molar-refractivity contribution in [2.45, 2.75) is 13.0 Å². The zero-order chi connectivity index (χ0) is 13.7. The van der Waals surface area contributed by atoms with Crippen LogP contribution >= 0.6 is 13.5 Å². The minimum atomic E-state index is -0.559. The van der Waals surface area contributed by atoms with Crippen molar-refractivity contribution in [1.29, 1.82) is 0 Å². The second-order valence-electron chi connectivity index (χ2n) is 4.08. The fourth-order valence-corrected chi connectivity index (χ4v) is 1.80. The van der Waals surface area contributed by atoms with Crippen molar-refractivity contribution in [2.24, 2.45) is 5.92 Å². The van der Waals surface area contributed by atoms with Crippen molar-refractivity contribution in [2.75, 3.05) is 7.11 Å². The molecule has 108 valence electrons. The monoisotopic (exact) mass is 296 g/mol. The van der Waals surface area contributed by atoms with Gasteiger partial charge in [-0.05, 0) is 12.1 Å². The van der Waals surface area contributed by atoms with Gasteiger partial charge in [-0.1, -0.05) is 0 Å². The van der Waals surface area contributed by atoms with Gasteiger partial charge in [-0.15, -0.1) is 0 Å². The summed E-state index contributed by atoms with van der Waals surface area (Å²) >= 11 is 0. The van der Waals surface area contributed by atoms with E-state index in [1.54, 1.807) is 35.4 Å². The smallest absolute Gasteiger partial charge is 0.310 e. The first-order valence-electron chi connectivity index (χ1n) is 5.81. The van der Waals surface area contributed by atoms with E-state index in [0.29, 0.717) is 6.54 Å². The molecule has 0 saturated carbocycles. The maximum absolute atomic E-state index is 11.9. The van der Waals surface area contributed by atoms with Crippen LogP contribution in [0.25, 0.3) is 0 Å². The number of hydrogen-bond acceptors (Lipinski definition) is 5. The fourth-order valence-electron chi connectivity index (χ4n) is 1.80. The Bertz CT molecular complexity index is 537. The third kappa shape index (κ3) is 3.99. The number of ketones is 1. The van der Waals surface area contributed by atoms with Crippen LogP contribution in [-0.4, -0.2) is 28.4 Å². The fraction of sp³-hybridized carbons (Fsp3) is 0.308. The minimum Gasteiger partial charge on any atom is -0.469 e. The molecule has 2 rings (SSSR count). The van der Waals surface area contributed by atoms with Gasteiger partial charge in [-0.25, -0.2) is 4.98 Å². The summed E-state index contributed by atoms with van der Waals surface area (Å²) in [6, 6.07) is 3.21. The van der Waals surface area contributed by atoms with Crippen LogP contribution in [0.2, 0.25) is 0 Å². The summed E-state index contributed by atoms with van der Waals surface area (Å²) in [6.07, 6.45) is 6.40. The van der Waals surface area contributed by atoms with Gasteiger partial charge in [-0.3, -0.25) is 9.59 Å². The lowest BCUT2D eigenvalue weighted by molar-refractivity contribution is -0.145. The maximum Gasteiger partial charge on any atom is 0.310 e. The molecule has 0 N–H and O–H groups in total. The lowest BCUT2D eigenvalue weighted by atomic mass is 10.0. The van der Waals surface area contributed by atoms with Gasteiger partial charge >= 0.3 is 5.97 Å². The highest BCUT2D eigenvalue weighted by Gasteiger charge is 2.24. The highest BCUT2D eigenvalue weighted by Crippen LogP contribution is 2.14. The van der Waals surface area contributed by atoms with E-state index in [9.17, 15) is 9.59 Å². The Morgan fingerprint density at radius 1 is 1.50 bits per heavy atom. The number of nitrogens with zero attached hydrogens (tertiary/aromatic N) is 2. The van der Waals surface area contributed by atoms with Gasteiger partial charge in [0, 0.05) is 25.4 Å². The molecular weight excluding hydrogens is 280 g/mol. The van der Waals surface area contributed by atoms with Crippen LogP contribution in [-0.2, 0) is 16.1 Å². The number of aromatic nitrogens is 2. The lowest BCUT2D eigenvalue weighted by Gasteiger charge is -2.13. The average Bonchev–Trinajstić information content (AvgIpc) is 3.09. The Morgan fingerprint density at radius 2 is 2.30 bits per heavy atom. The molecule has 20 heavy (non-hydrogen) atoms. The summed E-state index contributed by atoms with van der Waals surface area (Å²) in [5.74, 6) is -0.953. The number of imidazole rings is 1. The highest BCUT2D eigenvalue weighted by atomic mass is 32.1. The van der Waals surface area contributed by atoms with Crippen molar-refractivity contribution < 1.29 is 18.7 Å². The number of rotatable bonds is 6. The Morgan fingerprint density at radius 3 is 2.85 bits per heavy atom. The normalized spacial score (nSPS) is 11.4. The van der Waals surface area contributed by atoms with Crippen molar-refractivity contribution in [3.8, 4) is 0 Å². The minimum absolute atomic E-state index is 0. The molecule has 0 bridgehead atoms. The van der Waals surface area contributed by atoms with Crippen LogP contribution in [0, 0.1) is 5.92 Å². The molecule has 0 radical (unpaired) electrons. The van der Waals surface area contributed by atoms with Gasteiger partial charge in [0.05, 0.1) is 25.6 Å². The van der Waals surface area contributed by atoms with Gasteiger partial charge in [0.1, 0.15) is 0 Å². The third-order valence-electron chi connectivity index (χ3n) is 2.75. The van der Waals surface area contributed by atoms with Crippen LogP contribution in [0.5, 0.6) is 0 Å². The van der Waals surface area contributed by atoms with Crippen molar-refractivity contribution >= 4 is 25.2 Å². The van der Waals surface area contributed by atoms with E-state index in [1.807, 2.05) is 0 Å². The number of ether oxygens (including phenoxy) is 1. The van der Waals surface area contributed by atoms with Gasteiger partial charge in [0.15, 0.2) is 11.5 Å².